The highest BCUT2D eigenvalue weighted by Crippen LogP contribution is 2.09. The standard InChI is InChI=1S/C11H16N2O3/c1-3-16-10-5-4-8(7-13-10)6-9(12)11(14)15-2/h4-5,7,9H,3,6,12H2,1-2H3/t9-/m0/s1. The van der Waals surface area contributed by atoms with Crippen LogP contribution in [0.5, 0.6) is 5.88 Å². The Labute approximate surface area is 94.6 Å². The van der Waals surface area contributed by atoms with Crippen molar-refractivity contribution < 1.29 is 14.3 Å². The van der Waals surface area contributed by atoms with Gasteiger partial charge in [0, 0.05) is 12.3 Å². The molecular weight excluding hydrogens is 208 g/mol. The van der Waals surface area contributed by atoms with Crippen LogP contribution in [0.4, 0.5) is 0 Å². The fourth-order valence-electron chi connectivity index (χ4n) is 1.25. The largest absolute Gasteiger partial charge is 0.478 e. The molecule has 0 bridgehead atoms. The van der Waals surface area contributed by atoms with Crippen LogP contribution in [0.2, 0.25) is 0 Å². The third-order valence-electron chi connectivity index (χ3n) is 2.05. The summed E-state index contributed by atoms with van der Waals surface area (Å²) in [4.78, 5) is 15.2. The maximum Gasteiger partial charge on any atom is 0.322 e. The molecule has 1 aromatic rings. The van der Waals surface area contributed by atoms with Crippen LogP contribution in [0, 0.1) is 0 Å². The molecule has 0 aliphatic carbocycles. The van der Waals surface area contributed by atoms with Crippen molar-refractivity contribution in [3.8, 4) is 5.88 Å². The highest BCUT2D eigenvalue weighted by atomic mass is 16.5. The molecule has 0 aliphatic heterocycles. The van der Waals surface area contributed by atoms with Crippen LogP contribution in [0.25, 0.3) is 0 Å². The van der Waals surface area contributed by atoms with Crippen LogP contribution in [0.3, 0.4) is 0 Å². The van der Waals surface area contributed by atoms with Gasteiger partial charge in [-0.1, -0.05) is 6.07 Å². The van der Waals surface area contributed by atoms with Crippen LogP contribution in [0.1, 0.15) is 12.5 Å². The topological polar surface area (TPSA) is 74.4 Å². The highest BCUT2D eigenvalue weighted by Gasteiger charge is 2.14. The van der Waals surface area contributed by atoms with E-state index in [2.05, 4.69) is 9.72 Å². The van der Waals surface area contributed by atoms with Gasteiger partial charge in [0.15, 0.2) is 0 Å². The van der Waals surface area contributed by atoms with Gasteiger partial charge in [-0.05, 0) is 18.9 Å². The molecule has 0 aliphatic rings. The summed E-state index contributed by atoms with van der Waals surface area (Å²) in [5.74, 6) is 0.145. The van der Waals surface area contributed by atoms with Gasteiger partial charge in [0.2, 0.25) is 5.88 Å². The van der Waals surface area contributed by atoms with Gasteiger partial charge < -0.3 is 15.2 Å². The zero-order valence-corrected chi connectivity index (χ0v) is 9.47. The third-order valence-corrected chi connectivity index (χ3v) is 2.05. The molecule has 5 nitrogen and oxygen atoms in total. The monoisotopic (exact) mass is 224 g/mol. The number of hydrogen-bond acceptors (Lipinski definition) is 5. The summed E-state index contributed by atoms with van der Waals surface area (Å²) in [5.41, 5.74) is 6.50. The Hall–Kier alpha value is -1.62. The summed E-state index contributed by atoms with van der Waals surface area (Å²) in [6.45, 7) is 2.47. The van der Waals surface area contributed by atoms with Gasteiger partial charge in [-0.15, -0.1) is 0 Å². The van der Waals surface area contributed by atoms with Crippen molar-refractivity contribution in [2.24, 2.45) is 5.73 Å². The molecule has 0 unspecified atom stereocenters. The molecule has 0 saturated heterocycles. The molecule has 5 heteroatoms. The van der Waals surface area contributed by atoms with E-state index < -0.39 is 12.0 Å². The highest BCUT2D eigenvalue weighted by molar-refractivity contribution is 5.75. The summed E-state index contributed by atoms with van der Waals surface area (Å²) < 4.78 is 9.74. The lowest BCUT2D eigenvalue weighted by atomic mass is 10.1. The average molecular weight is 224 g/mol. The minimum Gasteiger partial charge on any atom is -0.478 e. The number of esters is 1. The van der Waals surface area contributed by atoms with Gasteiger partial charge in [0.25, 0.3) is 0 Å². The number of methoxy groups -OCH3 is 1. The molecule has 16 heavy (non-hydrogen) atoms. The van der Waals surface area contributed by atoms with Crippen molar-refractivity contribution >= 4 is 5.97 Å². The molecule has 1 aromatic heterocycles. The quantitative estimate of drug-likeness (QED) is 0.738. The molecule has 0 radical (unpaired) electrons. The van der Waals surface area contributed by atoms with Gasteiger partial charge in [-0.2, -0.15) is 0 Å². The number of ether oxygens (including phenoxy) is 2. The number of rotatable bonds is 5. The first-order valence-electron chi connectivity index (χ1n) is 5.08. The van der Waals surface area contributed by atoms with E-state index in [0.717, 1.165) is 5.56 Å². The van der Waals surface area contributed by atoms with E-state index in [-0.39, 0.29) is 0 Å². The SMILES string of the molecule is CCOc1ccc(C[C@H](N)C(=O)OC)cn1. The Bertz CT molecular complexity index is 338. The van der Waals surface area contributed by atoms with Crippen LogP contribution in [0.15, 0.2) is 18.3 Å². The van der Waals surface area contributed by atoms with E-state index in [1.54, 1.807) is 12.3 Å². The van der Waals surface area contributed by atoms with Gasteiger partial charge in [-0.25, -0.2) is 4.98 Å². The van der Waals surface area contributed by atoms with Crippen molar-refractivity contribution in [2.75, 3.05) is 13.7 Å². The number of hydrogen-bond donors (Lipinski definition) is 1. The van der Waals surface area contributed by atoms with Gasteiger partial charge in [-0.3, -0.25) is 4.79 Å². The van der Waals surface area contributed by atoms with Crippen molar-refractivity contribution in [2.45, 2.75) is 19.4 Å². The second-order valence-electron chi connectivity index (χ2n) is 3.27. The number of pyridine rings is 1. The Balaban J connectivity index is 2.58. The van der Waals surface area contributed by atoms with E-state index in [0.29, 0.717) is 18.9 Å². The predicted molar refractivity (Wildman–Crippen MR) is 59.1 cm³/mol. The normalized spacial score (nSPS) is 11.9. The molecule has 0 saturated carbocycles. The second-order valence-corrected chi connectivity index (χ2v) is 3.27. The lowest BCUT2D eigenvalue weighted by molar-refractivity contribution is -0.142. The van der Waals surface area contributed by atoms with Crippen LogP contribution in [-0.2, 0) is 16.0 Å². The number of carbonyl (C=O) groups is 1. The van der Waals surface area contributed by atoms with Crippen molar-refractivity contribution in [1.82, 2.24) is 4.98 Å². The lowest BCUT2D eigenvalue weighted by Crippen LogP contribution is -2.33. The molecule has 1 heterocycles. The Morgan fingerprint density at radius 1 is 1.56 bits per heavy atom. The number of aromatic nitrogens is 1. The number of carbonyl (C=O) groups excluding carboxylic acids is 1. The average Bonchev–Trinajstić information content (AvgIpc) is 2.31. The molecule has 88 valence electrons. The lowest BCUT2D eigenvalue weighted by Gasteiger charge is -2.09. The van der Waals surface area contributed by atoms with Gasteiger partial charge in [0.1, 0.15) is 6.04 Å². The fourth-order valence-corrected chi connectivity index (χ4v) is 1.25. The zero-order valence-electron chi connectivity index (χ0n) is 9.47. The van der Waals surface area contributed by atoms with E-state index in [1.165, 1.54) is 7.11 Å². The zero-order chi connectivity index (χ0) is 12.0. The first-order valence-corrected chi connectivity index (χ1v) is 5.08. The van der Waals surface area contributed by atoms with E-state index in [9.17, 15) is 4.79 Å². The summed E-state index contributed by atoms with van der Waals surface area (Å²) in [6.07, 6.45) is 2.06. The first kappa shape index (κ1) is 12.4. The molecule has 2 N–H and O–H groups in total. The van der Waals surface area contributed by atoms with Crippen LogP contribution in [-0.4, -0.2) is 30.7 Å². The molecular formula is C11H16N2O3. The molecule has 0 amide bonds. The molecule has 0 spiro atoms. The Kier molecular flexibility index (Phi) is 4.72. The number of nitrogens with two attached hydrogens (primary N) is 1. The molecule has 0 fully saturated rings. The van der Waals surface area contributed by atoms with Crippen LogP contribution >= 0.6 is 0 Å². The van der Waals surface area contributed by atoms with Gasteiger partial charge in [0.05, 0.1) is 13.7 Å². The smallest absolute Gasteiger partial charge is 0.322 e. The summed E-state index contributed by atoms with van der Waals surface area (Å²) in [6, 6.07) is 2.94. The Morgan fingerprint density at radius 2 is 2.31 bits per heavy atom. The van der Waals surface area contributed by atoms with Gasteiger partial charge >= 0.3 is 5.97 Å². The van der Waals surface area contributed by atoms with Crippen molar-refractivity contribution in [3.05, 3.63) is 23.9 Å². The van der Waals surface area contributed by atoms with E-state index in [4.69, 9.17) is 10.5 Å². The van der Waals surface area contributed by atoms with Crippen molar-refractivity contribution in [3.63, 3.8) is 0 Å². The second kappa shape index (κ2) is 6.07. The minimum atomic E-state index is -0.648. The fraction of sp³-hybridized carbons (Fsp3) is 0.455. The molecule has 1 atom stereocenters. The maximum absolute atomic E-state index is 11.1. The summed E-state index contributed by atoms with van der Waals surface area (Å²) in [7, 11) is 1.32. The third kappa shape index (κ3) is 3.51. The summed E-state index contributed by atoms with van der Waals surface area (Å²) in [5, 5.41) is 0. The van der Waals surface area contributed by atoms with E-state index in [1.807, 2.05) is 13.0 Å². The summed E-state index contributed by atoms with van der Waals surface area (Å²) >= 11 is 0. The predicted octanol–water partition coefficient (Wildman–Crippen LogP) is 0.523. The number of nitrogens with zero attached hydrogens (tertiary/aromatic N) is 1. The molecule has 0 aromatic carbocycles. The first-order chi connectivity index (χ1) is 7.67. The van der Waals surface area contributed by atoms with Crippen molar-refractivity contribution in [1.29, 1.82) is 0 Å². The van der Waals surface area contributed by atoms with Crippen LogP contribution < -0.4 is 10.5 Å². The minimum absolute atomic E-state index is 0.409. The molecule has 1 rings (SSSR count). The maximum atomic E-state index is 11.1. The Morgan fingerprint density at radius 3 is 2.81 bits per heavy atom. The van der Waals surface area contributed by atoms with E-state index >= 15 is 0 Å².